The number of guanidine groups is 1. The number of rotatable bonds is 9. The van der Waals surface area contributed by atoms with Crippen LogP contribution in [-0.2, 0) is 13.1 Å². The van der Waals surface area contributed by atoms with Crippen LogP contribution in [0.5, 0.6) is 5.75 Å². The van der Waals surface area contributed by atoms with Gasteiger partial charge in [-0.25, -0.2) is 0 Å². The maximum absolute atomic E-state index is 5.91. The van der Waals surface area contributed by atoms with Gasteiger partial charge in [0.2, 0.25) is 0 Å². The number of nitrogens with one attached hydrogen (secondary N) is 2. The van der Waals surface area contributed by atoms with Gasteiger partial charge in [-0.05, 0) is 55.9 Å². The van der Waals surface area contributed by atoms with Crippen LogP contribution < -0.4 is 15.4 Å². The molecule has 27 heavy (non-hydrogen) atoms. The molecule has 0 unspecified atom stereocenters. The predicted molar refractivity (Wildman–Crippen MR) is 114 cm³/mol. The van der Waals surface area contributed by atoms with Crippen LogP contribution in [0.2, 0.25) is 5.02 Å². The van der Waals surface area contributed by atoms with Crippen LogP contribution in [0.4, 0.5) is 0 Å². The molecule has 2 aromatic carbocycles. The van der Waals surface area contributed by atoms with E-state index in [1.807, 2.05) is 36.4 Å². The van der Waals surface area contributed by atoms with Gasteiger partial charge < -0.3 is 20.3 Å². The van der Waals surface area contributed by atoms with E-state index >= 15 is 0 Å². The zero-order valence-electron chi connectivity index (χ0n) is 16.3. The number of hydrogen-bond acceptors (Lipinski definition) is 3. The Morgan fingerprint density at radius 3 is 2.04 bits per heavy atom. The number of ether oxygens (including phenoxy) is 1. The Hall–Kier alpha value is -2.24. The van der Waals surface area contributed by atoms with Crippen LogP contribution in [0.15, 0.2) is 53.5 Å². The molecule has 0 aliphatic rings. The molecule has 0 saturated carbocycles. The predicted octanol–water partition coefficient (Wildman–Crippen LogP) is 3.54. The van der Waals surface area contributed by atoms with Gasteiger partial charge >= 0.3 is 0 Å². The van der Waals surface area contributed by atoms with E-state index in [9.17, 15) is 0 Å². The zero-order valence-corrected chi connectivity index (χ0v) is 17.1. The first-order chi connectivity index (χ1) is 13.1. The first-order valence-corrected chi connectivity index (χ1v) is 9.50. The van der Waals surface area contributed by atoms with Crippen molar-refractivity contribution in [1.82, 2.24) is 15.5 Å². The Morgan fingerprint density at radius 2 is 1.52 bits per heavy atom. The number of benzene rings is 2. The summed E-state index contributed by atoms with van der Waals surface area (Å²) in [6.07, 6.45) is 1.02. The second-order valence-electron chi connectivity index (χ2n) is 6.56. The number of aliphatic imine (C=N–C) groups is 1. The van der Waals surface area contributed by atoms with Gasteiger partial charge in [-0.3, -0.25) is 4.99 Å². The van der Waals surface area contributed by atoms with Crippen LogP contribution in [-0.4, -0.2) is 45.2 Å². The summed E-state index contributed by atoms with van der Waals surface area (Å²) >= 11 is 5.91. The van der Waals surface area contributed by atoms with E-state index in [0.717, 1.165) is 41.9 Å². The van der Waals surface area contributed by atoms with Crippen molar-refractivity contribution in [3.8, 4) is 5.75 Å². The molecule has 0 radical (unpaired) electrons. The summed E-state index contributed by atoms with van der Waals surface area (Å²) < 4.78 is 5.76. The van der Waals surface area contributed by atoms with E-state index in [-0.39, 0.29) is 0 Å². The highest BCUT2D eigenvalue weighted by molar-refractivity contribution is 6.30. The summed E-state index contributed by atoms with van der Waals surface area (Å²) in [5, 5.41) is 7.36. The van der Waals surface area contributed by atoms with Gasteiger partial charge in [0.15, 0.2) is 5.96 Å². The minimum atomic E-state index is 0.691. The SMILES string of the molecule is CN=C(NCc1ccc(Cl)cc1)NCc1ccc(OCCCN(C)C)cc1. The Morgan fingerprint density at radius 1 is 0.963 bits per heavy atom. The Balaban J connectivity index is 1.73. The lowest BCUT2D eigenvalue weighted by Crippen LogP contribution is -2.36. The van der Waals surface area contributed by atoms with E-state index in [0.29, 0.717) is 13.1 Å². The smallest absolute Gasteiger partial charge is 0.191 e. The fourth-order valence-corrected chi connectivity index (χ4v) is 2.59. The largest absolute Gasteiger partial charge is 0.494 e. The molecule has 5 nitrogen and oxygen atoms in total. The van der Waals surface area contributed by atoms with Crippen LogP contribution >= 0.6 is 11.6 Å². The standard InChI is InChI=1S/C21H29ClN4O/c1-23-21(24-15-17-5-9-19(22)10-6-17)25-16-18-7-11-20(12-8-18)27-14-4-13-26(2)3/h5-12H,4,13-16H2,1-3H3,(H2,23,24,25). The molecular formula is C21H29ClN4O. The van der Waals surface area contributed by atoms with E-state index in [1.54, 1.807) is 7.05 Å². The number of nitrogens with zero attached hydrogens (tertiary/aromatic N) is 2. The van der Waals surface area contributed by atoms with E-state index in [4.69, 9.17) is 16.3 Å². The van der Waals surface area contributed by atoms with Crippen molar-refractivity contribution in [2.24, 2.45) is 4.99 Å². The van der Waals surface area contributed by atoms with E-state index in [1.165, 1.54) is 5.56 Å². The van der Waals surface area contributed by atoms with E-state index < -0.39 is 0 Å². The van der Waals surface area contributed by atoms with Gasteiger partial charge in [-0.15, -0.1) is 0 Å². The van der Waals surface area contributed by atoms with Gasteiger partial charge in [0.1, 0.15) is 5.75 Å². The molecule has 0 heterocycles. The summed E-state index contributed by atoms with van der Waals surface area (Å²) in [6.45, 7) is 3.15. The van der Waals surface area contributed by atoms with Crippen molar-refractivity contribution in [3.63, 3.8) is 0 Å². The molecule has 146 valence electrons. The maximum atomic E-state index is 5.91. The Labute approximate surface area is 167 Å². The first kappa shape index (κ1) is 21.1. The average molecular weight is 389 g/mol. The molecule has 2 rings (SSSR count). The summed E-state index contributed by atoms with van der Waals surface area (Å²) in [7, 11) is 5.90. The second kappa shape index (κ2) is 11.5. The molecule has 0 aliphatic carbocycles. The molecule has 6 heteroatoms. The lowest BCUT2D eigenvalue weighted by Gasteiger charge is -2.13. The van der Waals surface area contributed by atoms with Crippen LogP contribution in [0.3, 0.4) is 0 Å². The summed E-state index contributed by atoms with van der Waals surface area (Å²) in [5.74, 6) is 1.66. The van der Waals surface area contributed by atoms with Gasteiger partial charge in [-0.2, -0.15) is 0 Å². The minimum Gasteiger partial charge on any atom is -0.494 e. The number of hydrogen-bond donors (Lipinski definition) is 2. The molecule has 0 spiro atoms. The van der Waals surface area contributed by atoms with Crippen molar-refractivity contribution < 1.29 is 4.74 Å². The summed E-state index contributed by atoms with van der Waals surface area (Å²) in [4.78, 5) is 6.42. The molecule has 0 aromatic heterocycles. The Bertz CT molecular complexity index is 699. The molecule has 0 aliphatic heterocycles. The zero-order chi connectivity index (χ0) is 19.5. The van der Waals surface area contributed by atoms with Crippen molar-refractivity contribution in [1.29, 1.82) is 0 Å². The van der Waals surface area contributed by atoms with Gasteiger partial charge in [-0.1, -0.05) is 35.9 Å². The van der Waals surface area contributed by atoms with Crippen molar-refractivity contribution in [2.75, 3.05) is 34.3 Å². The second-order valence-corrected chi connectivity index (χ2v) is 6.99. The molecule has 0 amide bonds. The van der Waals surface area contributed by atoms with Crippen molar-refractivity contribution in [3.05, 3.63) is 64.7 Å². The molecule has 2 N–H and O–H groups in total. The van der Waals surface area contributed by atoms with Crippen LogP contribution in [0.1, 0.15) is 17.5 Å². The van der Waals surface area contributed by atoms with E-state index in [2.05, 4.69) is 46.8 Å². The third-order valence-electron chi connectivity index (χ3n) is 4.00. The van der Waals surface area contributed by atoms with Gasteiger partial charge in [0.25, 0.3) is 0 Å². The third-order valence-corrected chi connectivity index (χ3v) is 4.25. The monoisotopic (exact) mass is 388 g/mol. The topological polar surface area (TPSA) is 48.9 Å². The molecular weight excluding hydrogens is 360 g/mol. The highest BCUT2D eigenvalue weighted by Gasteiger charge is 2.01. The summed E-state index contributed by atoms with van der Waals surface area (Å²) in [5.41, 5.74) is 2.32. The molecule has 0 bridgehead atoms. The summed E-state index contributed by atoms with van der Waals surface area (Å²) in [6, 6.07) is 15.9. The minimum absolute atomic E-state index is 0.691. The molecule has 0 saturated heterocycles. The van der Waals surface area contributed by atoms with Crippen molar-refractivity contribution in [2.45, 2.75) is 19.5 Å². The Kier molecular flexibility index (Phi) is 8.95. The van der Waals surface area contributed by atoms with Gasteiger partial charge in [0.05, 0.1) is 6.61 Å². The lowest BCUT2D eigenvalue weighted by atomic mass is 10.2. The van der Waals surface area contributed by atoms with Crippen molar-refractivity contribution >= 4 is 17.6 Å². The third kappa shape index (κ3) is 8.33. The lowest BCUT2D eigenvalue weighted by molar-refractivity contribution is 0.281. The quantitative estimate of drug-likeness (QED) is 0.392. The normalized spacial score (nSPS) is 11.5. The van der Waals surface area contributed by atoms with Gasteiger partial charge in [0, 0.05) is 31.7 Å². The van der Waals surface area contributed by atoms with Crippen LogP contribution in [0.25, 0.3) is 0 Å². The fourth-order valence-electron chi connectivity index (χ4n) is 2.47. The molecule has 0 atom stereocenters. The maximum Gasteiger partial charge on any atom is 0.191 e. The van der Waals surface area contributed by atoms with Crippen LogP contribution in [0, 0.1) is 0 Å². The highest BCUT2D eigenvalue weighted by atomic mass is 35.5. The average Bonchev–Trinajstić information content (AvgIpc) is 2.67. The molecule has 0 fully saturated rings. The first-order valence-electron chi connectivity index (χ1n) is 9.12. The molecule has 2 aromatic rings. The fraction of sp³-hybridized carbons (Fsp3) is 0.381. The number of halogens is 1. The highest BCUT2D eigenvalue weighted by Crippen LogP contribution is 2.12.